The van der Waals surface area contributed by atoms with E-state index in [0.717, 1.165) is 0 Å². The molecule has 2 saturated heterocycles. The predicted molar refractivity (Wildman–Crippen MR) is 122 cm³/mol. The summed E-state index contributed by atoms with van der Waals surface area (Å²) >= 11 is 0. The smallest absolute Gasteiger partial charge is 0.253 e. The van der Waals surface area contributed by atoms with Crippen LogP contribution in [0.2, 0.25) is 0 Å². The number of carbonyl (C=O) groups excluding carboxylic acids is 4. The number of hydrazine groups is 1. The lowest BCUT2D eigenvalue weighted by Gasteiger charge is -2.34. The minimum Gasteiger partial charge on any atom is -0.336 e. The van der Waals surface area contributed by atoms with Crippen LogP contribution in [0.1, 0.15) is 40.5 Å². The molecule has 2 heterocycles. The molecule has 0 aromatic heterocycles. The van der Waals surface area contributed by atoms with Gasteiger partial charge in [0.05, 0.1) is 10.6 Å². The summed E-state index contributed by atoms with van der Waals surface area (Å²) in [5.41, 5.74) is 3.80. The Morgan fingerprint density at radius 3 is 2.00 bits per heavy atom. The molecule has 0 saturated carbocycles. The number of nitrogens with zero attached hydrogens (tertiary/aromatic N) is 3. The Bertz CT molecular complexity index is 1230. The van der Waals surface area contributed by atoms with Gasteiger partial charge in [-0.3, -0.25) is 24.6 Å². The first kappa shape index (κ1) is 23.6. The van der Waals surface area contributed by atoms with Crippen molar-refractivity contribution in [1.82, 2.24) is 14.6 Å². The Hall–Kier alpha value is -3.57. The van der Waals surface area contributed by atoms with E-state index in [0.29, 0.717) is 16.8 Å². The van der Waals surface area contributed by atoms with E-state index < -0.39 is 10.0 Å². The van der Waals surface area contributed by atoms with Crippen LogP contribution >= 0.6 is 0 Å². The van der Waals surface area contributed by atoms with Crippen LogP contribution in [0.3, 0.4) is 0 Å². The third-order valence-electron chi connectivity index (χ3n) is 5.85. The van der Waals surface area contributed by atoms with Gasteiger partial charge in [0, 0.05) is 50.1 Å². The maximum Gasteiger partial charge on any atom is 0.253 e. The van der Waals surface area contributed by atoms with Gasteiger partial charge in [-0.1, -0.05) is 12.1 Å². The minimum atomic E-state index is -3.73. The number of hydrogen-bond acceptors (Lipinski definition) is 6. The zero-order chi connectivity index (χ0) is 24.5. The number of amides is 3. The molecule has 11 heteroatoms. The molecule has 2 aromatic carbocycles. The Kier molecular flexibility index (Phi) is 6.49. The average Bonchev–Trinajstić information content (AvgIpc) is 2.85. The van der Waals surface area contributed by atoms with Crippen LogP contribution < -0.4 is 10.4 Å². The number of hydrogen-bond donors (Lipinski definition) is 1. The summed E-state index contributed by atoms with van der Waals surface area (Å²) in [7, 11) is -3.73. The first-order chi connectivity index (χ1) is 16.2. The van der Waals surface area contributed by atoms with Crippen LogP contribution in [0.5, 0.6) is 0 Å². The van der Waals surface area contributed by atoms with E-state index in [2.05, 4.69) is 5.43 Å². The zero-order valence-corrected chi connectivity index (χ0v) is 19.4. The minimum absolute atomic E-state index is 0.104. The summed E-state index contributed by atoms with van der Waals surface area (Å²) < 4.78 is 27.2. The van der Waals surface area contributed by atoms with Crippen molar-refractivity contribution >= 4 is 39.2 Å². The molecule has 0 aliphatic carbocycles. The molecule has 34 heavy (non-hydrogen) atoms. The van der Waals surface area contributed by atoms with Crippen LogP contribution in [-0.4, -0.2) is 67.3 Å². The highest BCUT2D eigenvalue weighted by molar-refractivity contribution is 7.89. The van der Waals surface area contributed by atoms with E-state index in [1.807, 2.05) is 0 Å². The van der Waals surface area contributed by atoms with Gasteiger partial charge in [-0.25, -0.2) is 13.4 Å². The summed E-state index contributed by atoms with van der Waals surface area (Å²) in [5.74, 6) is -0.867. The molecular formula is C23H24N4O6S. The Labute approximate surface area is 197 Å². The number of anilines is 1. The molecule has 0 spiro atoms. The lowest BCUT2D eigenvalue weighted by Crippen LogP contribution is -2.51. The van der Waals surface area contributed by atoms with E-state index in [9.17, 15) is 27.6 Å². The SMILES string of the molecule is CC(=O)c1ccc(S(=O)(=O)N2CCN(C(=O)c3ccc(N4NC(=O)CCC4=O)cc3)CC2)cc1. The quantitative estimate of drug-likeness (QED) is 0.636. The fourth-order valence-electron chi connectivity index (χ4n) is 3.86. The second kappa shape index (κ2) is 9.35. The maximum atomic E-state index is 12.9. The molecule has 178 valence electrons. The van der Waals surface area contributed by atoms with Gasteiger partial charge in [-0.2, -0.15) is 4.31 Å². The highest BCUT2D eigenvalue weighted by Gasteiger charge is 2.31. The van der Waals surface area contributed by atoms with E-state index >= 15 is 0 Å². The zero-order valence-electron chi connectivity index (χ0n) is 18.6. The van der Waals surface area contributed by atoms with E-state index in [1.54, 1.807) is 29.2 Å². The van der Waals surface area contributed by atoms with Crippen molar-refractivity contribution in [1.29, 1.82) is 0 Å². The summed E-state index contributed by atoms with van der Waals surface area (Å²) in [6.45, 7) is 2.17. The average molecular weight is 485 g/mol. The van der Waals surface area contributed by atoms with E-state index in [4.69, 9.17) is 0 Å². The number of rotatable bonds is 5. The Morgan fingerprint density at radius 1 is 0.824 bits per heavy atom. The molecule has 2 aliphatic rings. The van der Waals surface area contributed by atoms with Crippen molar-refractivity contribution in [2.75, 3.05) is 31.2 Å². The van der Waals surface area contributed by atoms with Crippen molar-refractivity contribution in [2.45, 2.75) is 24.7 Å². The number of nitrogens with one attached hydrogen (secondary N) is 1. The fourth-order valence-corrected chi connectivity index (χ4v) is 5.28. The van der Waals surface area contributed by atoms with Crippen molar-refractivity contribution < 1.29 is 27.6 Å². The van der Waals surface area contributed by atoms with Gasteiger partial charge in [-0.05, 0) is 43.3 Å². The molecule has 4 rings (SSSR count). The lowest BCUT2D eigenvalue weighted by molar-refractivity contribution is -0.130. The van der Waals surface area contributed by atoms with E-state index in [-0.39, 0.29) is 67.4 Å². The van der Waals surface area contributed by atoms with Crippen LogP contribution in [0.25, 0.3) is 0 Å². The molecule has 2 aromatic rings. The summed E-state index contributed by atoms with van der Waals surface area (Å²) in [6.07, 6.45) is 0.276. The first-order valence-electron chi connectivity index (χ1n) is 10.8. The second-order valence-electron chi connectivity index (χ2n) is 8.09. The first-order valence-corrected chi connectivity index (χ1v) is 12.2. The highest BCUT2D eigenvalue weighted by Crippen LogP contribution is 2.21. The molecular weight excluding hydrogens is 460 g/mol. The molecule has 0 bridgehead atoms. The molecule has 10 nitrogen and oxygen atoms in total. The number of Topliss-reactive ketones (excluding diaryl/α,β-unsaturated/α-hetero) is 1. The van der Waals surface area contributed by atoms with Crippen LogP contribution in [0.4, 0.5) is 5.69 Å². The van der Waals surface area contributed by atoms with E-state index in [1.165, 1.54) is 40.5 Å². The van der Waals surface area contributed by atoms with Gasteiger partial charge in [0.2, 0.25) is 21.8 Å². The van der Waals surface area contributed by atoms with Crippen LogP contribution in [-0.2, 0) is 19.6 Å². The number of carbonyl (C=O) groups is 4. The molecule has 0 unspecified atom stereocenters. The topological polar surface area (TPSA) is 124 Å². The molecule has 2 fully saturated rings. The molecule has 3 amide bonds. The van der Waals surface area contributed by atoms with Crippen molar-refractivity contribution in [2.24, 2.45) is 0 Å². The van der Waals surface area contributed by atoms with Gasteiger partial charge in [0.25, 0.3) is 5.91 Å². The normalized spacial score (nSPS) is 17.4. The molecule has 0 atom stereocenters. The summed E-state index contributed by atoms with van der Waals surface area (Å²) in [6, 6.07) is 12.1. The molecule has 2 aliphatic heterocycles. The number of sulfonamides is 1. The van der Waals surface area contributed by atoms with Crippen molar-refractivity contribution in [3.63, 3.8) is 0 Å². The third-order valence-corrected chi connectivity index (χ3v) is 7.76. The van der Waals surface area contributed by atoms with Gasteiger partial charge in [0.1, 0.15) is 0 Å². The molecule has 0 radical (unpaired) electrons. The van der Waals surface area contributed by atoms with Gasteiger partial charge < -0.3 is 4.90 Å². The Balaban J connectivity index is 1.39. The Morgan fingerprint density at radius 2 is 1.41 bits per heavy atom. The maximum absolute atomic E-state index is 12.9. The molecule has 1 N–H and O–H groups in total. The fraction of sp³-hybridized carbons (Fsp3) is 0.304. The van der Waals surface area contributed by atoms with Gasteiger partial charge >= 0.3 is 0 Å². The monoisotopic (exact) mass is 484 g/mol. The van der Waals surface area contributed by atoms with Crippen molar-refractivity contribution in [3.05, 3.63) is 59.7 Å². The predicted octanol–water partition coefficient (Wildman–Crippen LogP) is 1.19. The number of ketones is 1. The lowest BCUT2D eigenvalue weighted by atomic mass is 10.1. The van der Waals surface area contributed by atoms with Gasteiger partial charge in [-0.15, -0.1) is 0 Å². The highest BCUT2D eigenvalue weighted by atomic mass is 32.2. The standard InChI is InChI=1S/C23H24N4O6S/c1-16(28)17-4-8-20(9-5-17)34(32,33)26-14-12-25(13-15-26)23(31)18-2-6-19(7-3-18)27-22(30)11-10-21(29)24-27/h2-9H,10-15H2,1H3,(H,24,29). The summed E-state index contributed by atoms with van der Waals surface area (Å²) in [5, 5.41) is 1.17. The number of benzene rings is 2. The third kappa shape index (κ3) is 4.70. The van der Waals surface area contributed by atoms with Crippen LogP contribution in [0.15, 0.2) is 53.4 Å². The van der Waals surface area contributed by atoms with Crippen LogP contribution in [0, 0.1) is 0 Å². The largest absolute Gasteiger partial charge is 0.336 e. The second-order valence-corrected chi connectivity index (χ2v) is 10.0. The summed E-state index contributed by atoms with van der Waals surface area (Å²) in [4.78, 5) is 49.6. The van der Waals surface area contributed by atoms with Crippen molar-refractivity contribution in [3.8, 4) is 0 Å². The van der Waals surface area contributed by atoms with Gasteiger partial charge in [0.15, 0.2) is 5.78 Å². The number of piperazine rings is 1.